The number of unbranched alkanes of at least 4 members (excludes halogenated alkanes) is 2. The number of rotatable bonds is 8. The van der Waals surface area contributed by atoms with Gasteiger partial charge in [0.25, 0.3) is 0 Å². The monoisotopic (exact) mass is 350 g/mol. The molecule has 0 bridgehead atoms. The van der Waals surface area contributed by atoms with Crippen molar-refractivity contribution in [1.82, 2.24) is 0 Å². The number of phenols is 1. The largest absolute Gasteiger partial charge is 0.507 e. The zero-order valence-corrected chi connectivity index (χ0v) is 16.6. The van der Waals surface area contributed by atoms with Crippen molar-refractivity contribution in [3.05, 3.63) is 28.8 Å². The van der Waals surface area contributed by atoms with E-state index in [9.17, 15) is 9.90 Å². The molecule has 0 aliphatic carbocycles. The molecule has 142 valence electrons. The van der Waals surface area contributed by atoms with E-state index in [1.165, 1.54) is 0 Å². The van der Waals surface area contributed by atoms with E-state index in [1.807, 2.05) is 20.8 Å². The van der Waals surface area contributed by atoms with Crippen molar-refractivity contribution in [1.29, 1.82) is 0 Å². The van der Waals surface area contributed by atoms with E-state index in [0.717, 1.165) is 36.8 Å². The number of esters is 1. The highest BCUT2D eigenvalue weighted by molar-refractivity contribution is 5.90. The zero-order chi connectivity index (χ0) is 19.3. The average molecular weight is 350 g/mol. The molecule has 0 fully saturated rings. The second kappa shape index (κ2) is 8.70. The highest BCUT2D eigenvalue weighted by atomic mass is 16.5. The summed E-state index contributed by atoms with van der Waals surface area (Å²) in [5, 5.41) is 19.8. The molecule has 2 N–H and O–H groups in total. The molecule has 1 aromatic rings. The molecule has 1 rings (SSSR count). The summed E-state index contributed by atoms with van der Waals surface area (Å²) in [5.74, 6) is -0.196. The highest BCUT2D eigenvalue weighted by Crippen LogP contribution is 2.42. The Balaban J connectivity index is 3.37. The molecule has 25 heavy (non-hydrogen) atoms. The molecule has 0 atom stereocenters. The smallest absolute Gasteiger partial charge is 0.338 e. The molecule has 0 aliphatic rings. The molecule has 0 heterocycles. The van der Waals surface area contributed by atoms with E-state index in [4.69, 9.17) is 9.84 Å². The van der Waals surface area contributed by atoms with Crippen LogP contribution in [0.15, 0.2) is 12.1 Å². The minimum Gasteiger partial charge on any atom is -0.507 e. The van der Waals surface area contributed by atoms with Crippen LogP contribution in [0.1, 0.15) is 88.7 Å². The van der Waals surface area contributed by atoms with Gasteiger partial charge in [-0.3, -0.25) is 0 Å². The molecule has 1 aromatic carbocycles. The summed E-state index contributed by atoms with van der Waals surface area (Å²) in [7, 11) is 0. The van der Waals surface area contributed by atoms with Crippen molar-refractivity contribution in [3.8, 4) is 5.75 Å². The van der Waals surface area contributed by atoms with Gasteiger partial charge >= 0.3 is 5.97 Å². The van der Waals surface area contributed by atoms with Gasteiger partial charge in [0.15, 0.2) is 0 Å². The molecule has 0 radical (unpaired) electrons. The number of phenolic OH excluding ortho intramolecular Hbond substituents is 1. The second-order valence-electron chi connectivity index (χ2n) is 8.37. The van der Waals surface area contributed by atoms with Crippen LogP contribution in [0.25, 0.3) is 0 Å². The van der Waals surface area contributed by atoms with Crippen LogP contribution in [0, 0.1) is 0 Å². The Bertz CT molecular complexity index is 582. The summed E-state index contributed by atoms with van der Waals surface area (Å²) < 4.78 is 5.08. The topological polar surface area (TPSA) is 66.8 Å². The molecule has 0 aromatic heterocycles. The first kappa shape index (κ1) is 21.5. The molecule has 0 aliphatic heterocycles. The lowest BCUT2D eigenvalue weighted by atomic mass is 9.75. The number of benzene rings is 1. The van der Waals surface area contributed by atoms with Crippen LogP contribution in [0.2, 0.25) is 0 Å². The van der Waals surface area contributed by atoms with Gasteiger partial charge in [-0.2, -0.15) is 0 Å². The van der Waals surface area contributed by atoms with Crippen LogP contribution in [0.3, 0.4) is 0 Å². The van der Waals surface area contributed by atoms with Crippen LogP contribution < -0.4 is 0 Å². The van der Waals surface area contributed by atoms with Gasteiger partial charge in [-0.25, -0.2) is 4.79 Å². The normalized spacial score (nSPS) is 12.3. The number of carbonyl (C=O) groups excluding carboxylic acids is 1. The summed E-state index contributed by atoms with van der Waals surface area (Å²) >= 11 is 0. The Morgan fingerprint density at radius 3 is 2.20 bits per heavy atom. The van der Waals surface area contributed by atoms with Gasteiger partial charge in [-0.1, -0.05) is 60.8 Å². The summed E-state index contributed by atoms with van der Waals surface area (Å²) in [4.78, 5) is 12.3. The lowest BCUT2D eigenvalue weighted by Gasteiger charge is -2.30. The van der Waals surface area contributed by atoms with Crippen molar-refractivity contribution in [2.75, 3.05) is 13.2 Å². The van der Waals surface area contributed by atoms with Crippen molar-refractivity contribution in [3.63, 3.8) is 0 Å². The first-order valence-electron chi connectivity index (χ1n) is 9.20. The molecule has 0 amide bonds. The van der Waals surface area contributed by atoms with Gasteiger partial charge in [0.1, 0.15) is 12.4 Å². The van der Waals surface area contributed by atoms with Crippen LogP contribution in [-0.2, 0) is 15.6 Å². The quantitative estimate of drug-likeness (QED) is 0.527. The molecule has 0 saturated heterocycles. The third-order valence-electron chi connectivity index (χ3n) is 4.61. The third kappa shape index (κ3) is 5.74. The van der Waals surface area contributed by atoms with Crippen LogP contribution >= 0.6 is 0 Å². The summed E-state index contributed by atoms with van der Waals surface area (Å²) in [6.45, 7) is 12.2. The second-order valence-corrected chi connectivity index (χ2v) is 8.37. The maximum Gasteiger partial charge on any atom is 0.338 e. The number of aliphatic hydroxyl groups is 1. The maximum atomic E-state index is 12.3. The predicted octanol–water partition coefficient (Wildman–Crippen LogP) is 4.70. The molecule has 0 saturated carbocycles. The number of aromatic hydroxyl groups is 1. The maximum absolute atomic E-state index is 12.3. The van der Waals surface area contributed by atoms with E-state index in [2.05, 4.69) is 20.8 Å². The highest BCUT2D eigenvalue weighted by Gasteiger charge is 2.30. The molecular weight excluding hydrogens is 316 g/mol. The van der Waals surface area contributed by atoms with E-state index >= 15 is 0 Å². The van der Waals surface area contributed by atoms with E-state index in [1.54, 1.807) is 12.1 Å². The average Bonchev–Trinajstić information content (AvgIpc) is 2.51. The van der Waals surface area contributed by atoms with Gasteiger partial charge in [0.2, 0.25) is 0 Å². The lowest BCUT2D eigenvalue weighted by Crippen LogP contribution is -2.22. The summed E-state index contributed by atoms with van der Waals surface area (Å²) in [6.07, 6.45) is 4.30. The Labute approximate surface area is 152 Å². The first-order valence-corrected chi connectivity index (χ1v) is 9.20. The van der Waals surface area contributed by atoms with Crippen molar-refractivity contribution in [2.24, 2.45) is 0 Å². The molecule has 0 unspecified atom stereocenters. The van der Waals surface area contributed by atoms with Gasteiger partial charge in [-0.15, -0.1) is 0 Å². The zero-order valence-electron chi connectivity index (χ0n) is 16.6. The van der Waals surface area contributed by atoms with E-state index < -0.39 is 5.97 Å². The molecular formula is C21H34O4. The van der Waals surface area contributed by atoms with Gasteiger partial charge in [0.05, 0.1) is 12.2 Å². The van der Waals surface area contributed by atoms with Crippen LogP contribution in [0.4, 0.5) is 0 Å². The van der Waals surface area contributed by atoms with Gasteiger partial charge in [0, 0.05) is 11.1 Å². The standard InChI is InChI=1S/C21H34O4/c1-7-8-9-10-21(5,6)17-14-15(19(24)25-12-11-22)13-16(18(17)23)20(2,3)4/h13-14,22-23H,7-12H2,1-6H3. The van der Waals surface area contributed by atoms with Gasteiger partial charge < -0.3 is 14.9 Å². The number of carbonyl (C=O) groups is 1. The molecule has 4 heteroatoms. The number of hydrogen-bond acceptors (Lipinski definition) is 4. The Hall–Kier alpha value is -1.55. The Morgan fingerprint density at radius 2 is 1.68 bits per heavy atom. The van der Waals surface area contributed by atoms with E-state index in [0.29, 0.717) is 5.56 Å². The summed E-state index contributed by atoms with van der Waals surface area (Å²) in [5.41, 5.74) is 1.41. The number of ether oxygens (including phenoxy) is 1. The van der Waals surface area contributed by atoms with Crippen LogP contribution in [0.5, 0.6) is 5.75 Å². The Morgan fingerprint density at radius 1 is 1.08 bits per heavy atom. The predicted molar refractivity (Wildman–Crippen MR) is 101 cm³/mol. The van der Waals surface area contributed by atoms with Gasteiger partial charge in [-0.05, 0) is 29.4 Å². The number of aliphatic hydroxyl groups excluding tert-OH is 1. The minimum atomic E-state index is -0.467. The van der Waals surface area contributed by atoms with Crippen molar-refractivity contribution >= 4 is 5.97 Å². The fraction of sp³-hybridized carbons (Fsp3) is 0.667. The minimum absolute atomic E-state index is 0.0280. The lowest BCUT2D eigenvalue weighted by molar-refractivity contribution is 0.0433. The summed E-state index contributed by atoms with van der Waals surface area (Å²) in [6, 6.07) is 3.46. The number of hydrogen-bond donors (Lipinski definition) is 2. The Kier molecular flexibility index (Phi) is 7.48. The fourth-order valence-corrected chi connectivity index (χ4v) is 3.01. The third-order valence-corrected chi connectivity index (χ3v) is 4.61. The van der Waals surface area contributed by atoms with Crippen molar-refractivity contribution < 1.29 is 19.7 Å². The molecule has 4 nitrogen and oxygen atoms in total. The van der Waals surface area contributed by atoms with Crippen molar-refractivity contribution in [2.45, 2.75) is 78.1 Å². The SMILES string of the molecule is CCCCCC(C)(C)c1cc(C(=O)OCCO)cc(C(C)(C)C)c1O. The first-order chi connectivity index (χ1) is 11.5. The fourth-order valence-electron chi connectivity index (χ4n) is 3.01. The van der Waals surface area contributed by atoms with E-state index in [-0.39, 0.29) is 29.8 Å². The van der Waals surface area contributed by atoms with Crippen LogP contribution in [-0.4, -0.2) is 29.4 Å². The molecule has 0 spiro atoms.